The van der Waals surface area contributed by atoms with Gasteiger partial charge in [-0.3, -0.25) is 4.79 Å². The van der Waals surface area contributed by atoms with Crippen LogP contribution < -0.4 is 15.7 Å². The first-order chi connectivity index (χ1) is 14.4. The third-order valence-electron chi connectivity index (χ3n) is 5.51. The Bertz CT molecular complexity index is 1140. The smallest absolute Gasteiger partial charge is 0.339 e. The summed E-state index contributed by atoms with van der Waals surface area (Å²) in [4.78, 5) is 24.8. The molecular formula is C24H25NO5. The van der Waals surface area contributed by atoms with E-state index < -0.39 is 12.2 Å². The van der Waals surface area contributed by atoms with Crippen molar-refractivity contribution in [2.24, 2.45) is 0 Å². The van der Waals surface area contributed by atoms with Gasteiger partial charge in [-0.25, -0.2) is 4.79 Å². The van der Waals surface area contributed by atoms with E-state index >= 15 is 0 Å². The number of nitrogens with one attached hydrogen (secondary N) is 1. The first-order valence-corrected chi connectivity index (χ1v) is 10.2. The average Bonchev–Trinajstić information content (AvgIpc) is 3.22. The number of carbonyl (C=O) groups excluding carboxylic acids is 1. The molecule has 0 radical (unpaired) electrons. The second-order valence-electron chi connectivity index (χ2n) is 7.77. The fourth-order valence-electron chi connectivity index (χ4n) is 3.98. The Hall–Kier alpha value is -3.12. The van der Waals surface area contributed by atoms with Crippen LogP contribution in [0.25, 0.3) is 11.0 Å². The van der Waals surface area contributed by atoms with E-state index in [0.717, 1.165) is 34.9 Å². The van der Waals surface area contributed by atoms with Crippen molar-refractivity contribution in [2.75, 3.05) is 6.54 Å². The Morgan fingerprint density at radius 2 is 1.93 bits per heavy atom. The molecule has 0 spiro atoms. The van der Waals surface area contributed by atoms with Gasteiger partial charge >= 0.3 is 5.63 Å². The van der Waals surface area contributed by atoms with Crippen LogP contribution in [-0.2, 0) is 17.6 Å². The number of rotatable bonds is 6. The van der Waals surface area contributed by atoms with Gasteiger partial charge in [0.25, 0.3) is 5.91 Å². The van der Waals surface area contributed by atoms with Crippen molar-refractivity contribution in [3.05, 3.63) is 75.1 Å². The standard InChI is InChI=1S/C24H25NO5/c1-14-11-20(22-17-9-6-10-18(17)24(28)30-21(22)12-14)29-15(2)23(27)25-13-19(26)16-7-4-3-5-8-16/h3-5,7-8,11-12,15,19,26H,6,9-10,13H2,1-2H3,(H,25,27)/t15-,19-/m1/s1. The van der Waals surface area contributed by atoms with E-state index in [2.05, 4.69) is 5.32 Å². The largest absolute Gasteiger partial charge is 0.480 e. The lowest BCUT2D eigenvalue weighted by atomic mass is 10.0. The van der Waals surface area contributed by atoms with Gasteiger partial charge in [-0.2, -0.15) is 0 Å². The first kappa shape index (κ1) is 20.2. The fraction of sp³-hybridized carbons (Fsp3) is 0.333. The molecule has 4 rings (SSSR count). The molecular weight excluding hydrogens is 382 g/mol. The zero-order valence-corrected chi connectivity index (χ0v) is 17.1. The normalized spacial score (nSPS) is 14.9. The van der Waals surface area contributed by atoms with Crippen LogP contribution in [0.5, 0.6) is 5.75 Å². The highest BCUT2D eigenvalue weighted by molar-refractivity contribution is 5.89. The summed E-state index contributed by atoms with van der Waals surface area (Å²) >= 11 is 0. The minimum Gasteiger partial charge on any atom is -0.480 e. The molecule has 0 saturated carbocycles. The molecule has 0 bridgehead atoms. The molecule has 0 unspecified atom stereocenters. The monoisotopic (exact) mass is 407 g/mol. The highest BCUT2D eigenvalue weighted by Gasteiger charge is 2.24. The van der Waals surface area contributed by atoms with Crippen LogP contribution in [0.3, 0.4) is 0 Å². The SMILES string of the molecule is Cc1cc(O[C@H](C)C(=O)NC[C@@H](O)c2ccccc2)c2c3c(c(=O)oc2c1)CCC3. The van der Waals surface area contributed by atoms with Crippen molar-refractivity contribution in [3.8, 4) is 5.75 Å². The molecule has 0 saturated heterocycles. The molecule has 2 N–H and O–H groups in total. The lowest BCUT2D eigenvalue weighted by molar-refractivity contribution is -0.127. The number of carbonyl (C=O) groups is 1. The van der Waals surface area contributed by atoms with E-state index in [1.54, 1.807) is 6.92 Å². The summed E-state index contributed by atoms with van der Waals surface area (Å²) in [6, 6.07) is 12.9. The van der Waals surface area contributed by atoms with Crippen molar-refractivity contribution in [2.45, 2.75) is 45.3 Å². The molecule has 0 fully saturated rings. The Morgan fingerprint density at radius 1 is 1.20 bits per heavy atom. The highest BCUT2D eigenvalue weighted by atomic mass is 16.5. The molecule has 6 heteroatoms. The van der Waals surface area contributed by atoms with E-state index in [1.165, 1.54) is 0 Å². The van der Waals surface area contributed by atoms with Crippen LogP contribution in [0.1, 0.15) is 41.7 Å². The molecule has 2 aromatic carbocycles. The van der Waals surface area contributed by atoms with Crippen molar-refractivity contribution in [3.63, 3.8) is 0 Å². The molecule has 2 atom stereocenters. The average molecular weight is 407 g/mol. The van der Waals surface area contributed by atoms with Crippen LogP contribution >= 0.6 is 0 Å². The van der Waals surface area contributed by atoms with E-state index in [1.807, 2.05) is 49.4 Å². The van der Waals surface area contributed by atoms with Crippen LogP contribution in [0.15, 0.2) is 51.7 Å². The lowest BCUT2D eigenvalue weighted by Crippen LogP contribution is -2.38. The van der Waals surface area contributed by atoms with Crippen LogP contribution in [0.4, 0.5) is 0 Å². The second-order valence-corrected chi connectivity index (χ2v) is 7.77. The second kappa shape index (κ2) is 8.32. The molecule has 30 heavy (non-hydrogen) atoms. The zero-order valence-electron chi connectivity index (χ0n) is 17.1. The number of aliphatic hydroxyl groups excluding tert-OH is 1. The number of benzene rings is 2. The molecule has 3 aromatic rings. The van der Waals surface area contributed by atoms with Crippen molar-refractivity contribution < 1.29 is 19.1 Å². The van der Waals surface area contributed by atoms with E-state index in [4.69, 9.17) is 9.15 Å². The summed E-state index contributed by atoms with van der Waals surface area (Å²) < 4.78 is 11.5. The summed E-state index contributed by atoms with van der Waals surface area (Å²) in [6.45, 7) is 3.65. The molecule has 6 nitrogen and oxygen atoms in total. The number of ether oxygens (including phenoxy) is 1. The maximum Gasteiger partial charge on any atom is 0.339 e. The van der Waals surface area contributed by atoms with Gasteiger partial charge < -0.3 is 19.6 Å². The Balaban J connectivity index is 1.53. The van der Waals surface area contributed by atoms with Crippen molar-refractivity contribution in [1.29, 1.82) is 0 Å². The quantitative estimate of drug-likeness (QED) is 0.613. The number of amides is 1. The van der Waals surface area contributed by atoms with Gasteiger partial charge in [0.1, 0.15) is 11.3 Å². The van der Waals surface area contributed by atoms with Crippen molar-refractivity contribution >= 4 is 16.9 Å². The number of hydrogen-bond acceptors (Lipinski definition) is 5. The minimum absolute atomic E-state index is 0.0926. The van der Waals surface area contributed by atoms with Crippen LogP contribution in [0, 0.1) is 6.92 Å². The third kappa shape index (κ3) is 3.96. The Morgan fingerprint density at radius 3 is 2.70 bits per heavy atom. The molecule has 1 aromatic heterocycles. The summed E-state index contributed by atoms with van der Waals surface area (Å²) in [5, 5.41) is 13.8. The predicted molar refractivity (Wildman–Crippen MR) is 114 cm³/mol. The van der Waals surface area contributed by atoms with E-state index in [-0.39, 0.29) is 18.1 Å². The minimum atomic E-state index is -0.792. The fourth-order valence-corrected chi connectivity index (χ4v) is 3.98. The summed E-state index contributed by atoms with van der Waals surface area (Å²) in [7, 11) is 0. The zero-order chi connectivity index (χ0) is 21.3. The molecule has 1 amide bonds. The maximum absolute atomic E-state index is 12.6. The number of hydrogen-bond donors (Lipinski definition) is 2. The topological polar surface area (TPSA) is 88.8 Å². The molecule has 1 aliphatic carbocycles. The Kier molecular flexibility index (Phi) is 5.59. The van der Waals surface area contributed by atoms with Gasteiger partial charge in [-0.05, 0) is 61.9 Å². The van der Waals surface area contributed by atoms with Gasteiger partial charge in [-0.15, -0.1) is 0 Å². The molecule has 156 valence electrons. The van der Waals surface area contributed by atoms with Gasteiger partial charge in [0.05, 0.1) is 11.5 Å². The molecule has 1 heterocycles. The number of aryl methyl sites for hydroxylation is 2. The molecule has 0 aliphatic heterocycles. The summed E-state index contributed by atoms with van der Waals surface area (Å²) in [5.41, 5.74) is 3.49. The van der Waals surface area contributed by atoms with Crippen molar-refractivity contribution in [1.82, 2.24) is 5.32 Å². The number of fused-ring (bicyclic) bond motifs is 3. The van der Waals surface area contributed by atoms with Gasteiger partial charge in [0, 0.05) is 12.1 Å². The van der Waals surface area contributed by atoms with Gasteiger partial charge in [0.15, 0.2) is 6.10 Å². The highest BCUT2D eigenvalue weighted by Crippen LogP contribution is 2.35. The van der Waals surface area contributed by atoms with Crippen LogP contribution in [0.2, 0.25) is 0 Å². The third-order valence-corrected chi connectivity index (χ3v) is 5.51. The van der Waals surface area contributed by atoms with Gasteiger partial charge in [0.2, 0.25) is 0 Å². The maximum atomic E-state index is 12.6. The summed E-state index contributed by atoms with van der Waals surface area (Å²) in [6.07, 6.45) is 0.830. The van der Waals surface area contributed by atoms with Crippen LogP contribution in [-0.4, -0.2) is 23.7 Å². The number of aliphatic hydroxyl groups is 1. The summed E-state index contributed by atoms with van der Waals surface area (Å²) in [5.74, 6) is 0.215. The predicted octanol–water partition coefficient (Wildman–Crippen LogP) is 3.21. The van der Waals surface area contributed by atoms with E-state index in [9.17, 15) is 14.7 Å². The first-order valence-electron chi connectivity index (χ1n) is 10.2. The lowest BCUT2D eigenvalue weighted by Gasteiger charge is -2.19. The molecule has 1 aliphatic rings. The Labute approximate surface area is 174 Å². The van der Waals surface area contributed by atoms with E-state index in [0.29, 0.717) is 23.3 Å². The van der Waals surface area contributed by atoms with Gasteiger partial charge in [-0.1, -0.05) is 30.3 Å².